The van der Waals surface area contributed by atoms with E-state index in [9.17, 15) is 9.18 Å². The Kier molecular flexibility index (Phi) is 7.35. The zero-order valence-corrected chi connectivity index (χ0v) is 24.9. The van der Waals surface area contributed by atoms with E-state index in [1.165, 1.54) is 23.1 Å². The fourth-order valence-corrected chi connectivity index (χ4v) is 4.95. The normalized spacial score (nSPS) is 13.9. The number of benzene rings is 2. The third-order valence-electron chi connectivity index (χ3n) is 7.17. The number of pyridine rings is 1. The quantitative estimate of drug-likeness (QED) is 0.276. The second kappa shape index (κ2) is 11.2. The number of hydrogen-bond donors (Lipinski definition) is 1. The van der Waals surface area contributed by atoms with Crippen LogP contribution in [-0.2, 0) is 11.8 Å². The van der Waals surface area contributed by atoms with Crippen LogP contribution in [0.15, 0.2) is 42.7 Å². The first-order chi connectivity index (χ1) is 21.0. The number of halogens is 2. The molecule has 1 amide bonds. The van der Waals surface area contributed by atoms with Crippen LogP contribution in [0.3, 0.4) is 0 Å². The highest BCUT2D eigenvalue weighted by Gasteiger charge is 2.27. The van der Waals surface area contributed by atoms with Crippen LogP contribution in [0.2, 0.25) is 0 Å². The van der Waals surface area contributed by atoms with Gasteiger partial charge in [-0.05, 0) is 52.0 Å². The molecule has 1 fully saturated rings. The fourth-order valence-electron chi connectivity index (χ4n) is 4.95. The maximum absolute atomic E-state index is 15.6. The number of amides is 1. The molecular formula is C30H31F2N9O3. The number of rotatable bonds is 5. The Labute approximate surface area is 251 Å². The summed E-state index contributed by atoms with van der Waals surface area (Å²) in [7, 11) is 1.59. The van der Waals surface area contributed by atoms with Gasteiger partial charge in [-0.1, -0.05) is 5.21 Å². The number of hydrogen-bond acceptors (Lipinski definition) is 10. The van der Waals surface area contributed by atoms with Gasteiger partial charge in [0.25, 0.3) is 0 Å². The van der Waals surface area contributed by atoms with Gasteiger partial charge in [-0.15, -0.1) is 5.10 Å². The second-order valence-corrected chi connectivity index (χ2v) is 11.5. The van der Waals surface area contributed by atoms with E-state index in [-0.39, 0.29) is 34.4 Å². The minimum atomic E-state index is -0.565. The van der Waals surface area contributed by atoms with E-state index in [1.54, 1.807) is 31.0 Å². The highest BCUT2D eigenvalue weighted by atomic mass is 19.1. The van der Waals surface area contributed by atoms with Crippen molar-refractivity contribution in [2.24, 2.45) is 7.05 Å². The highest BCUT2D eigenvalue weighted by molar-refractivity contribution is 5.88. The van der Waals surface area contributed by atoms with Crippen LogP contribution in [0.4, 0.5) is 30.9 Å². The predicted octanol–water partition coefficient (Wildman–Crippen LogP) is 5.49. The van der Waals surface area contributed by atoms with Crippen molar-refractivity contribution in [3.63, 3.8) is 0 Å². The van der Waals surface area contributed by atoms with E-state index in [2.05, 4.69) is 30.5 Å². The minimum absolute atomic E-state index is 0.156. The molecule has 6 rings (SSSR count). The van der Waals surface area contributed by atoms with E-state index in [0.29, 0.717) is 54.4 Å². The molecule has 14 heteroatoms. The molecule has 0 radical (unpaired) electrons. The first-order valence-corrected chi connectivity index (χ1v) is 14.0. The molecule has 1 aliphatic rings. The van der Waals surface area contributed by atoms with Crippen LogP contribution >= 0.6 is 0 Å². The Morgan fingerprint density at radius 1 is 1.00 bits per heavy atom. The molecule has 4 heterocycles. The summed E-state index contributed by atoms with van der Waals surface area (Å²) in [6.07, 6.45) is 1.04. The van der Waals surface area contributed by atoms with Gasteiger partial charge in [0.1, 0.15) is 45.8 Å². The van der Waals surface area contributed by atoms with Crippen molar-refractivity contribution in [3.8, 4) is 11.5 Å². The fraction of sp³-hybridized carbons (Fsp3) is 0.333. The van der Waals surface area contributed by atoms with E-state index in [4.69, 9.17) is 14.5 Å². The molecule has 228 valence electrons. The smallest absolute Gasteiger partial charge is 0.410 e. The Morgan fingerprint density at radius 2 is 1.77 bits per heavy atom. The molecule has 0 bridgehead atoms. The zero-order chi connectivity index (χ0) is 31.2. The summed E-state index contributed by atoms with van der Waals surface area (Å²) in [5.41, 5.74) is 1.42. The topological polar surface area (TPSA) is 123 Å². The Morgan fingerprint density at radius 3 is 2.52 bits per heavy atom. The number of ether oxygens (including phenoxy) is 2. The van der Waals surface area contributed by atoms with E-state index in [1.807, 2.05) is 32.9 Å². The molecule has 0 atom stereocenters. The summed E-state index contributed by atoms with van der Waals surface area (Å²) in [6.45, 7) is 9.20. The number of piperazine rings is 1. The average Bonchev–Trinajstić information content (AvgIpc) is 3.36. The van der Waals surface area contributed by atoms with Crippen LogP contribution in [0, 0.1) is 18.6 Å². The molecule has 1 N–H and O–H groups in total. The lowest BCUT2D eigenvalue weighted by Gasteiger charge is -2.36. The molecule has 0 aliphatic carbocycles. The van der Waals surface area contributed by atoms with Gasteiger partial charge in [-0.2, -0.15) is 0 Å². The summed E-state index contributed by atoms with van der Waals surface area (Å²) < 4.78 is 42.9. The average molecular weight is 604 g/mol. The Hall–Kier alpha value is -5.14. The second-order valence-electron chi connectivity index (χ2n) is 11.5. The number of aromatic nitrogens is 6. The van der Waals surface area contributed by atoms with Gasteiger partial charge in [0, 0.05) is 50.9 Å². The summed E-state index contributed by atoms with van der Waals surface area (Å²) in [4.78, 5) is 29.6. The molecule has 44 heavy (non-hydrogen) atoms. The molecule has 5 aromatic rings. The van der Waals surface area contributed by atoms with Crippen molar-refractivity contribution in [3.05, 3.63) is 59.9 Å². The molecule has 0 unspecified atom stereocenters. The lowest BCUT2D eigenvalue weighted by Crippen LogP contribution is -2.50. The van der Waals surface area contributed by atoms with Crippen molar-refractivity contribution in [1.29, 1.82) is 0 Å². The third-order valence-corrected chi connectivity index (χ3v) is 7.17. The molecule has 12 nitrogen and oxygen atoms in total. The van der Waals surface area contributed by atoms with E-state index in [0.717, 1.165) is 0 Å². The van der Waals surface area contributed by atoms with Gasteiger partial charge in [0.2, 0.25) is 0 Å². The van der Waals surface area contributed by atoms with E-state index >= 15 is 4.39 Å². The number of nitrogens with zero attached hydrogens (tertiary/aromatic N) is 8. The van der Waals surface area contributed by atoms with Gasteiger partial charge < -0.3 is 24.6 Å². The maximum atomic E-state index is 15.6. The summed E-state index contributed by atoms with van der Waals surface area (Å²) >= 11 is 0. The molecular weight excluding hydrogens is 572 g/mol. The lowest BCUT2D eigenvalue weighted by atomic mass is 10.1. The van der Waals surface area contributed by atoms with Crippen molar-refractivity contribution in [2.75, 3.05) is 36.4 Å². The summed E-state index contributed by atoms with van der Waals surface area (Å²) in [5.74, 6) is 0.287. The van der Waals surface area contributed by atoms with Crippen molar-refractivity contribution >= 4 is 45.5 Å². The van der Waals surface area contributed by atoms with Crippen LogP contribution in [0.25, 0.3) is 22.1 Å². The highest BCUT2D eigenvalue weighted by Crippen LogP contribution is 2.34. The van der Waals surface area contributed by atoms with Crippen molar-refractivity contribution < 1.29 is 23.0 Å². The van der Waals surface area contributed by atoms with Gasteiger partial charge >= 0.3 is 6.09 Å². The first-order valence-electron chi connectivity index (χ1n) is 14.0. The van der Waals surface area contributed by atoms with Crippen LogP contribution in [0.5, 0.6) is 11.5 Å². The monoisotopic (exact) mass is 603 g/mol. The van der Waals surface area contributed by atoms with Gasteiger partial charge in [-0.25, -0.2) is 33.2 Å². The maximum Gasteiger partial charge on any atom is 0.410 e. The molecule has 0 saturated carbocycles. The first kappa shape index (κ1) is 29.0. The number of carbonyl (C=O) groups excluding carboxylic acids is 1. The van der Waals surface area contributed by atoms with E-state index < -0.39 is 17.2 Å². The number of carbonyl (C=O) groups is 1. The largest absolute Gasteiger partial charge is 0.457 e. The number of fused-ring (bicyclic) bond motifs is 2. The van der Waals surface area contributed by atoms with Gasteiger partial charge in [-0.3, -0.25) is 0 Å². The number of anilines is 3. The van der Waals surface area contributed by atoms with Crippen LogP contribution in [-0.4, -0.2) is 72.7 Å². The van der Waals surface area contributed by atoms with Gasteiger partial charge in [0.15, 0.2) is 17.5 Å². The Balaban J connectivity index is 1.20. The minimum Gasteiger partial charge on any atom is -0.457 e. The van der Waals surface area contributed by atoms with Crippen molar-refractivity contribution in [1.82, 2.24) is 34.8 Å². The molecule has 1 saturated heterocycles. The predicted molar refractivity (Wildman–Crippen MR) is 160 cm³/mol. The third kappa shape index (κ3) is 5.74. The summed E-state index contributed by atoms with van der Waals surface area (Å²) in [6, 6.07) is 9.55. The molecule has 3 aromatic heterocycles. The SMILES string of the molecule is Cc1c(Oc2cc(F)c3c(c2)nnn3C)ccc(Nc2ncnc3ccc(N4CCN(C(=O)OC(C)(C)C)CC4)nc23)c1F. The Bertz CT molecular complexity index is 1880. The number of nitrogens with one attached hydrogen (secondary N) is 1. The van der Waals surface area contributed by atoms with Crippen LogP contribution < -0.4 is 15.0 Å². The van der Waals surface area contributed by atoms with Crippen LogP contribution in [0.1, 0.15) is 26.3 Å². The number of aryl methyl sites for hydroxylation is 1. The zero-order valence-electron chi connectivity index (χ0n) is 24.9. The molecule has 2 aromatic carbocycles. The standard InChI is InChI=1S/C30H31F2N9O3/c1-17-23(43-18-14-19(31)27-22(15-18)37-38-39(27)5)8-6-20(25(17)32)35-28-26-21(33-16-34-28)7-9-24(36-26)40-10-12-41(13-11-40)29(42)44-30(2,3)4/h6-9,14-16H,10-13H2,1-5H3,(H,33,34,35). The summed E-state index contributed by atoms with van der Waals surface area (Å²) in [5, 5.41) is 10.8. The molecule has 1 aliphatic heterocycles. The lowest BCUT2D eigenvalue weighted by molar-refractivity contribution is 0.0240. The van der Waals surface area contributed by atoms with Crippen molar-refractivity contribution in [2.45, 2.75) is 33.3 Å². The van der Waals surface area contributed by atoms with Gasteiger partial charge in [0.05, 0.1) is 11.2 Å². The molecule has 0 spiro atoms.